The zero-order valence-electron chi connectivity index (χ0n) is 9.82. The Labute approximate surface area is 116 Å². The molecular weight excluding hydrogens is 269 g/mol. The Balaban J connectivity index is 2.48. The summed E-state index contributed by atoms with van der Waals surface area (Å²) in [4.78, 5) is 4.25. The van der Waals surface area contributed by atoms with Crippen molar-refractivity contribution in [2.24, 2.45) is 5.84 Å². The molecule has 0 amide bonds. The number of pyridine rings is 1. The predicted octanol–water partition coefficient (Wildman–Crippen LogP) is 3.25. The van der Waals surface area contributed by atoms with Crippen molar-refractivity contribution in [1.29, 1.82) is 0 Å². The molecule has 0 aliphatic carbocycles. The average molecular weight is 282 g/mol. The minimum absolute atomic E-state index is 0.278. The van der Waals surface area contributed by atoms with E-state index in [4.69, 9.17) is 29.0 Å². The van der Waals surface area contributed by atoms with Crippen molar-refractivity contribution < 1.29 is 0 Å². The van der Waals surface area contributed by atoms with Crippen molar-refractivity contribution in [2.75, 3.05) is 0 Å². The Bertz CT molecular complexity index is 520. The Morgan fingerprint density at radius 2 is 1.83 bits per heavy atom. The number of nitrogens with two attached hydrogens (primary N) is 1. The standard InChI is InChI=1S/C13H13Cl2N3/c1-8-5-6-9(7-17-8)13(18-16)12-10(14)3-2-4-11(12)15/h2-7,13,18H,16H2,1H3. The second-order valence-corrected chi connectivity index (χ2v) is 4.78. The van der Waals surface area contributed by atoms with Crippen molar-refractivity contribution in [3.05, 3.63) is 63.4 Å². The molecule has 2 aromatic rings. The number of hydrazine groups is 1. The largest absolute Gasteiger partial charge is 0.271 e. The van der Waals surface area contributed by atoms with E-state index in [1.165, 1.54) is 0 Å². The van der Waals surface area contributed by atoms with E-state index in [2.05, 4.69) is 10.4 Å². The molecule has 3 N–H and O–H groups in total. The van der Waals surface area contributed by atoms with Gasteiger partial charge >= 0.3 is 0 Å². The minimum atomic E-state index is -0.278. The van der Waals surface area contributed by atoms with Crippen molar-refractivity contribution in [2.45, 2.75) is 13.0 Å². The van der Waals surface area contributed by atoms with Crippen molar-refractivity contribution in [1.82, 2.24) is 10.4 Å². The molecule has 2 rings (SSSR count). The smallest absolute Gasteiger partial charge is 0.0754 e. The van der Waals surface area contributed by atoms with Gasteiger partial charge in [0, 0.05) is 27.5 Å². The molecule has 0 aliphatic heterocycles. The fraction of sp³-hybridized carbons (Fsp3) is 0.154. The molecule has 0 spiro atoms. The molecule has 1 unspecified atom stereocenters. The summed E-state index contributed by atoms with van der Waals surface area (Å²) in [5.74, 6) is 5.62. The number of aryl methyl sites for hydroxylation is 1. The first kappa shape index (κ1) is 13.3. The summed E-state index contributed by atoms with van der Waals surface area (Å²) in [6.07, 6.45) is 1.76. The van der Waals surface area contributed by atoms with E-state index in [1.54, 1.807) is 24.4 Å². The summed E-state index contributed by atoms with van der Waals surface area (Å²) in [6, 6.07) is 8.97. The maximum absolute atomic E-state index is 6.18. The fourth-order valence-electron chi connectivity index (χ4n) is 1.78. The molecule has 0 radical (unpaired) electrons. The van der Waals surface area contributed by atoms with Crippen LogP contribution in [0.5, 0.6) is 0 Å². The fourth-order valence-corrected chi connectivity index (χ4v) is 2.40. The van der Waals surface area contributed by atoms with Gasteiger partial charge in [0.1, 0.15) is 0 Å². The quantitative estimate of drug-likeness (QED) is 0.671. The van der Waals surface area contributed by atoms with Gasteiger partial charge in [0.15, 0.2) is 0 Å². The van der Waals surface area contributed by atoms with Crippen LogP contribution in [0.4, 0.5) is 0 Å². The van der Waals surface area contributed by atoms with Gasteiger partial charge in [-0.3, -0.25) is 10.8 Å². The number of aromatic nitrogens is 1. The number of nitrogens with one attached hydrogen (secondary N) is 1. The molecule has 5 heteroatoms. The summed E-state index contributed by atoms with van der Waals surface area (Å²) in [5.41, 5.74) is 5.34. The van der Waals surface area contributed by atoms with E-state index in [1.807, 2.05) is 19.1 Å². The van der Waals surface area contributed by atoms with Gasteiger partial charge in [-0.2, -0.15) is 0 Å². The van der Waals surface area contributed by atoms with Crippen LogP contribution in [-0.4, -0.2) is 4.98 Å². The van der Waals surface area contributed by atoms with Crippen LogP contribution in [0.25, 0.3) is 0 Å². The highest BCUT2D eigenvalue weighted by Crippen LogP contribution is 2.33. The summed E-state index contributed by atoms with van der Waals surface area (Å²) < 4.78 is 0. The molecule has 0 fully saturated rings. The maximum Gasteiger partial charge on any atom is 0.0754 e. The molecule has 0 saturated carbocycles. The highest BCUT2D eigenvalue weighted by atomic mass is 35.5. The van der Waals surface area contributed by atoms with E-state index in [0.29, 0.717) is 10.0 Å². The topological polar surface area (TPSA) is 50.9 Å². The Kier molecular flexibility index (Phi) is 4.19. The highest BCUT2D eigenvalue weighted by molar-refractivity contribution is 6.36. The summed E-state index contributed by atoms with van der Waals surface area (Å²) >= 11 is 12.4. The predicted molar refractivity (Wildman–Crippen MR) is 74.6 cm³/mol. The summed E-state index contributed by atoms with van der Waals surface area (Å²) in [5, 5.41) is 1.15. The first-order chi connectivity index (χ1) is 8.63. The molecule has 0 aliphatic rings. The van der Waals surface area contributed by atoms with Crippen LogP contribution in [0.3, 0.4) is 0 Å². The van der Waals surface area contributed by atoms with Crippen molar-refractivity contribution in [3.8, 4) is 0 Å². The second-order valence-electron chi connectivity index (χ2n) is 3.97. The number of nitrogens with zero attached hydrogens (tertiary/aromatic N) is 1. The lowest BCUT2D eigenvalue weighted by atomic mass is 10.0. The van der Waals surface area contributed by atoms with Gasteiger partial charge in [0.25, 0.3) is 0 Å². The van der Waals surface area contributed by atoms with Crippen LogP contribution >= 0.6 is 23.2 Å². The van der Waals surface area contributed by atoms with Gasteiger partial charge in [-0.25, -0.2) is 5.43 Å². The van der Waals surface area contributed by atoms with E-state index < -0.39 is 0 Å². The number of benzene rings is 1. The van der Waals surface area contributed by atoms with E-state index in [-0.39, 0.29) is 6.04 Å². The molecule has 94 valence electrons. The highest BCUT2D eigenvalue weighted by Gasteiger charge is 2.18. The van der Waals surface area contributed by atoms with Crippen molar-refractivity contribution >= 4 is 23.2 Å². The zero-order chi connectivity index (χ0) is 13.1. The van der Waals surface area contributed by atoms with Gasteiger partial charge in [0.2, 0.25) is 0 Å². The molecule has 1 aromatic heterocycles. The molecular formula is C13H13Cl2N3. The lowest BCUT2D eigenvalue weighted by molar-refractivity contribution is 0.634. The number of rotatable bonds is 3. The van der Waals surface area contributed by atoms with Gasteiger partial charge in [-0.05, 0) is 30.7 Å². The molecule has 1 heterocycles. The first-order valence-electron chi connectivity index (χ1n) is 5.46. The molecule has 1 aromatic carbocycles. The monoisotopic (exact) mass is 281 g/mol. The first-order valence-corrected chi connectivity index (χ1v) is 6.21. The van der Waals surface area contributed by atoms with E-state index in [9.17, 15) is 0 Å². The second kappa shape index (κ2) is 5.67. The van der Waals surface area contributed by atoms with E-state index >= 15 is 0 Å². The van der Waals surface area contributed by atoms with E-state index in [0.717, 1.165) is 16.8 Å². The van der Waals surface area contributed by atoms with Gasteiger partial charge in [-0.15, -0.1) is 0 Å². The molecule has 18 heavy (non-hydrogen) atoms. The molecule has 3 nitrogen and oxygen atoms in total. The van der Waals surface area contributed by atoms with Crippen LogP contribution in [0.1, 0.15) is 22.9 Å². The number of halogens is 2. The zero-order valence-corrected chi connectivity index (χ0v) is 11.3. The maximum atomic E-state index is 6.18. The Hall–Kier alpha value is -1.13. The number of hydrogen-bond acceptors (Lipinski definition) is 3. The lowest BCUT2D eigenvalue weighted by Gasteiger charge is -2.19. The van der Waals surface area contributed by atoms with Gasteiger partial charge in [-0.1, -0.05) is 35.3 Å². The normalized spacial score (nSPS) is 12.4. The Morgan fingerprint density at radius 3 is 2.33 bits per heavy atom. The van der Waals surface area contributed by atoms with Gasteiger partial charge in [0.05, 0.1) is 6.04 Å². The molecule has 0 saturated heterocycles. The number of hydrogen-bond donors (Lipinski definition) is 2. The molecule has 0 bridgehead atoms. The summed E-state index contributed by atoms with van der Waals surface area (Å²) in [7, 11) is 0. The van der Waals surface area contributed by atoms with Crippen LogP contribution in [0, 0.1) is 6.92 Å². The van der Waals surface area contributed by atoms with Crippen LogP contribution < -0.4 is 11.3 Å². The van der Waals surface area contributed by atoms with Crippen LogP contribution in [-0.2, 0) is 0 Å². The van der Waals surface area contributed by atoms with Crippen LogP contribution in [0.15, 0.2) is 36.5 Å². The minimum Gasteiger partial charge on any atom is -0.271 e. The average Bonchev–Trinajstić information content (AvgIpc) is 2.35. The lowest BCUT2D eigenvalue weighted by Crippen LogP contribution is -2.29. The third-order valence-electron chi connectivity index (χ3n) is 2.72. The third-order valence-corrected chi connectivity index (χ3v) is 3.38. The third kappa shape index (κ3) is 2.65. The SMILES string of the molecule is Cc1ccc(C(NN)c2c(Cl)cccc2Cl)cn1. The van der Waals surface area contributed by atoms with Crippen LogP contribution in [0.2, 0.25) is 10.0 Å². The Morgan fingerprint density at radius 1 is 1.17 bits per heavy atom. The summed E-state index contributed by atoms with van der Waals surface area (Å²) in [6.45, 7) is 1.93. The van der Waals surface area contributed by atoms with Crippen molar-refractivity contribution in [3.63, 3.8) is 0 Å². The van der Waals surface area contributed by atoms with Gasteiger partial charge < -0.3 is 0 Å². The molecule has 1 atom stereocenters.